The molecule has 0 bridgehead atoms. The van der Waals surface area contributed by atoms with E-state index < -0.39 is 10.0 Å². The van der Waals surface area contributed by atoms with E-state index in [-0.39, 0.29) is 17.5 Å². The molecule has 1 aromatic heterocycles. The van der Waals surface area contributed by atoms with Crippen LogP contribution in [0.1, 0.15) is 17.9 Å². The first-order valence-corrected chi connectivity index (χ1v) is 8.41. The van der Waals surface area contributed by atoms with E-state index in [2.05, 4.69) is 0 Å². The summed E-state index contributed by atoms with van der Waals surface area (Å²) in [5.74, 6) is 2.78. The molecule has 7 heteroatoms. The summed E-state index contributed by atoms with van der Waals surface area (Å²) in [5, 5.41) is 0. The molecule has 102 valence electrons. The van der Waals surface area contributed by atoms with Crippen molar-refractivity contribution in [3.05, 3.63) is 17.6 Å². The summed E-state index contributed by atoms with van der Waals surface area (Å²) in [6.07, 6.45) is 0.904. The summed E-state index contributed by atoms with van der Waals surface area (Å²) < 4.78 is 31.8. The second-order valence-electron chi connectivity index (χ2n) is 4.38. The fourth-order valence-electron chi connectivity index (χ4n) is 2.04. The minimum atomic E-state index is -3.47. The van der Waals surface area contributed by atoms with Crippen molar-refractivity contribution in [1.82, 2.24) is 4.31 Å². The van der Waals surface area contributed by atoms with Crippen LogP contribution in [0.3, 0.4) is 0 Å². The van der Waals surface area contributed by atoms with Gasteiger partial charge < -0.3 is 10.2 Å². The van der Waals surface area contributed by atoms with E-state index in [9.17, 15) is 8.42 Å². The summed E-state index contributed by atoms with van der Waals surface area (Å²) in [5.41, 5.74) is 5.47. The normalized spacial score (nSPS) is 20.8. The van der Waals surface area contributed by atoms with Crippen LogP contribution in [0.4, 0.5) is 0 Å². The van der Waals surface area contributed by atoms with Gasteiger partial charge in [-0.15, -0.1) is 0 Å². The van der Waals surface area contributed by atoms with Crippen molar-refractivity contribution in [2.45, 2.75) is 30.8 Å². The lowest BCUT2D eigenvalue weighted by atomic mass is 10.3. The molecule has 5 nitrogen and oxygen atoms in total. The number of nitrogens with two attached hydrogens (primary N) is 1. The van der Waals surface area contributed by atoms with Gasteiger partial charge in [0, 0.05) is 24.9 Å². The van der Waals surface area contributed by atoms with E-state index in [4.69, 9.17) is 10.2 Å². The van der Waals surface area contributed by atoms with Crippen molar-refractivity contribution >= 4 is 21.8 Å². The quantitative estimate of drug-likeness (QED) is 0.901. The number of thioether (sulfide) groups is 1. The minimum absolute atomic E-state index is 0.0793. The molecule has 0 aliphatic carbocycles. The van der Waals surface area contributed by atoms with Gasteiger partial charge >= 0.3 is 0 Å². The Bertz CT molecular complexity index is 518. The summed E-state index contributed by atoms with van der Waals surface area (Å²) >= 11 is 1.79. The van der Waals surface area contributed by atoms with E-state index in [1.807, 2.05) is 0 Å². The van der Waals surface area contributed by atoms with Gasteiger partial charge in [-0.1, -0.05) is 0 Å². The van der Waals surface area contributed by atoms with Gasteiger partial charge in [0.25, 0.3) is 0 Å². The van der Waals surface area contributed by atoms with Gasteiger partial charge in [-0.2, -0.15) is 16.1 Å². The van der Waals surface area contributed by atoms with Crippen molar-refractivity contribution in [3.63, 3.8) is 0 Å². The molecular weight excluding hydrogens is 272 g/mol. The van der Waals surface area contributed by atoms with Crippen LogP contribution in [0, 0.1) is 6.92 Å². The fraction of sp³-hybridized carbons (Fsp3) is 0.636. The number of furan rings is 1. The van der Waals surface area contributed by atoms with E-state index in [1.165, 1.54) is 10.4 Å². The van der Waals surface area contributed by atoms with Gasteiger partial charge in [0.15, 0.2) is 0 Å². The van der Waals surface area contributed by atoms with Crippen LogP contribution in [0.5, 0.6) is 0 Å². The molecular formula is C11H18N2O3S2. The lowest BCUT2D eigenvalue weighted by Gasteiger charge is -2.22. The van der Waals surface area contributed by atoms with E-state index >= 15 is 0 Å². The highest BCUT2D eigenvalue weighted by molar-refractivity contribution is 7.99. The number of hydrogen-bond donors (Lipinski definition) is 1. The Morgan fingerprint density at radius 1 is 1.61 bits per heavy atom. The van der Waals surface area contributed by atoms with Crippen molar-refractivity contribution < 1.29 is 12.8 Å². The Hall–Kier alpha value is -0.500. The van der Waals surface area contributed by atoms with E-state index in [0.29, 0.717) is 11.5 Å². The first-order valence-electron chi connectivity index (χ1n) is 5.82. The molecule has 1 fully saturated rings. The molecule has 0 amide bonds. The van der Waals surface area contributed by atoms with Crippen molar-refractivity contribution in [2.75, 3.05) is 18.6 Å². The highest BCUT2D eigenvalue weighted by Crippen LogP contribution is 2.28. The average Bonchev–Trinajstić information content (AvgIpc) is 2.96. The molecule has 0 aromatic carbocycles. The molecule has 2 rings (SSSR count). The van der Waals surface area contributed by atoms with Crippen molar-refractivity contribution in [1.29, 1.82) is 0 Å². The molecule has 1 aromatic rings. The SMILES string of the molecule is Cc1oc(CN)cc1S(=O)(=O)N(C)C1CCSC1. The molecule has 2 heterocycles. The molecule has 1 aliphatic heterocycles. The third kappa shape index (κ3) is 2.45. The van der Waals surface area contributed by atoms with Gasteiger partial charge in [0.2, 0.25) is 10.0 Å². The molecule has 0 radical (unpaired) electrons. The maximum absolute atomic E-state index is 12.5. The molecule has 2 N–H and O–H groups in total. The molecule has 0 spiro atoms. The highest BCUT2D eigenvalue weighted by Gasteiger charge is 2.32. The Morgan fingerprint density at radius 3 is 2.83 bits per heavy atom. The number of sulfonamides is 1. The van der Waals surface area contributed by atoms with Gasteiger partial charge in [0.05, 0.1) is 6.54 Å². The Morgan fingerprint density at radius 2 is 2.33 bits per heavy atom. The van der Waals surface area contributed by atoms with Crippen LogP contribution in [-0.2, 0) is 16.6 Å². The maximum Gasteiger partial charge on any atom is 0.246 e. The van der Waals surface area contributed by atoms with Crippen LogP contribution in [0.15, 0.2) is 15.4 Å². The van der Waals surface area contributed by atoms with E-state index in [1.54, 1.807) is 25.7 Å². The Labute approximate surface area is 112 Å². The van der Waals surface area contributed by atoms with Crippen molar-refractivity contribution in [2.24, 2.45) is 5.73 Å². The largest absolute Gasteiger partial charge is 0.464 e. The van der Waals surface area contributed by atoms with Gasteiger partial charge in [-0.25, -0.2) is 8.42 Å². The molecule has 1 unspecified atom stereocenters. The highest BCUT2D eigenvalue weighted by atomic mass is 32.2. The van der Waals surface area contributed by atoms with Crippen LogP contribution >= 0.6 is 11.8 Å². The Kier molecular flexibility index (Phi) is 4.05. The lowest BCUT2D eigenvalue weighted by molar-refractivity contribution is 0.393. The Balaban J connectivity index is 2.31. The van der Waals surface area contributed by atoms with Crippen LogP contribution in [0.2, 0.25) is 0 Å². The minimum Gasteiger partial charge on any atom is -0.464 e. The lowest BCUT2D eigenvalue weighted by Crippen LogP contribution is -2.37. The summed E-state index contributed by atoms with van der Waals surface area (Å²) in [7, 11) is -1.83. The predicted molar refractivity (Wildman–Crippen MR) is 72.0 cm³/mol. The number of aryl methyl sites for hydroxylation is 1. The smallest absolute Gasteiger partial charge is 0.246 e. The predicted octanol–water partition coefficient (Wildman–Crippen LogP) is 1.17. The molecule has 0 saturated carbocycles. The van der Waals surface area contributed by atoms with Crippen LogP contribution in [-0.4, -0.2) is 37.3 Å². The number of rotatable bonds is 4. The zero-order valence-electron chi connectivity index (χ0n) is 10.5. The second-order valence-corrected chi connectivity index (χ2v) is 7.49. The van der Waals surface area contributed by atoms with Gasteiger partial charge in [-0.3, -0.25) is 0 Å². The summed E-state index contributed by atoms with van der Waals surface area (Å²) in [6, 6.07) is 1.61. The zero-order valence-corrected chi connectivity index (χ0v) is 12.2. The maximum atomic E-state index is 12.5. The monoisotopic (exact) mass is 290 g/mol. The molecule has 1 atom stereocenters. The third-order valence-electron chi connectivity index (χ3n) is 3.20. The second kappa shape index (κ2) is 5.24. The fourth-order valence-corrected chi connectivity index (χ4v) is 4.97. The van der Waals surface area contributed by atoms with Crippen LogP contribution < -0.4 is 5.73 Å². The first-order chi connectivity index (χ1) is 8.46. The number of hydrogen-bond acceptors (Lipinski definition) is 5. The van der Waals surface area contributed by atoms with Gasteiger partial charge in [-0.05, 0) is 19.1 Å². The topological polar surface area (TPSA) is 76.5 Å². The zero-order chi connectivity index (χ0) is 13.3. The van der Waals surface area contributed by atoms with Crippen LogP contribution in [0.25, 0.3) is 0 Å². The van der Waals surface area contributed by atoms with E-state index in [0.717, 1.165) is 17.9 Å². The number of nitrogens with zero attached hydrogens (tertiary/aromatic N) is 1. The third-order valence-corrected chi connectivity index (χ3v) is 6.36. The molecule has 1 aliphatic rings. The molecule has 18 heavy (non-hydrogen) atoms. The van der Waals surface area contributed by atoms with Crippen molar-refractivity contribution in [3.8, 4) is 0 Å². The summed E-state index contributed by atoms with van der Waals surface area (Å²) in [4.78, 5) is 0.238. The molecule has 1 saturated heterocycles. The summed E-state index contributed by atoms with van der Waals surface area (Å²) in [6.45, 7) is 1.86. The van der Waals surface area contributed by atoms with Gasteiger partial charge in [0.1, 0.15) is 16.4 Å². The average molecular weight is 290 g/mol. The first kappa shape index (κ1) is 13.9. The standard InChI is InChI=1S/C11H18N2O3S2/c1-8-11(5-10(6-12)16-8)18(14,15)13(2)9-3-4-17-7-9/h5,9H,3-4,6-7,12H2,1-2H3.